The molecule has 1 N–H and O–H groups in total. The first-order chi connectivity index (χ1) is 12.3. The summed E-state index contributed by atoms with van der Waals surface area (Å²) in [6.07, 6.45) is -0.640. The molecule has 3 rings (SSSR count). The monoisotopic (exact) mass is 504 g/mol. The van der Waals surface area contributed by atoms with E-state index < -0.39 is 11.9 Å². The third-order valence-electron chi connectivity index (χ3n) is 3.50. The first-order valence-corrected chi connectivity index (χ1v) is 9.44. The maximum Gasteiger partial charge on any atom is 0.280 e. The molecular weight excluding hydrogens is 494 g/mol. The van der Waals surface area contributed by atoms with Crippen LogP contribution in [0.1, 0.15) is 12.5 Å². The molecule has 0 fully saturated rings. The van der Waals surface area contributed by atoms with Crippen molar-refractivity contribution >= 4 is 55.3 Å². The zero-order valence-corrected chi connectivity index (χ0v) is 17.3. The Labute approximate surface area is 170 Å². The molecule has 1 aliphatic heterocycles. The number of nitrogens with zero attached hydrogens (tertiary/aromatic N) is 1. The van der Waals surface area contributed by atoms with Gasteiger partial charge in [0.05, 0.1) is 11.4 Å². The number of amides is 1. The largest absolute Gasteiger partial charge is 0.466 e. The Bertz CT molecular complexity index is 888. The van der Waals surface area contributed by atoms with Gasteiger partial charge in [0.15, 0.2) is 17.7 Å². The standard InChI is InChI=1S/C17H12Br2ClFN2O3/c1-8-17(24)23-22-14(25-8)4-9-2-3-13(20)16(15(9)21)26-12-6-10(18)5-11(19)7-12/h2-3,5-8H,4H2,1H3,(H,23,24). The highest BCUT2D eigenvalue weighted by atomic mass is 79.9. The highest BCUT2D eigenvalue weighted by Gasteiger charge is 2.23. The Hall–Kier alpha value is -1.64. The van der Waals surface area contributed by atoms with E-state index in [9.17, 15) is 9.18 Å². The second kappa shape index (κ2) is 7.94. The van der Waals surface area contributed by atoms with E-state index in [0.29, 0.717) is 5.75 Å². The molecule has 5 nitrogen and oxygen atoms in total. The molecule has 0 bridgehead atoms. The van der Waals surface area contributed by atoms with Crippen molar-refractivity contribution < 1.29 is 18.7 Å². The topological polar surface area (TPSA) is 59.9 Å². The second-order valence-electron chi connectivity index (χ2n) is 5.48. The van der Waals surface area contributed by atoms with E-state index in [0.717, 1.165) is 8.95 Å². The van der Waals surface area contributed by atoms with Gasteiger partial charge in [-0.2, -0.15) is 0 Å². The van der Waals surface area contributed by atoms with Crippen molar-refractivity contribution in [3.8, 4) is 11.5 Å². The molecule has 2 aromatic carbocycles. The lowest BCUT2D eigenvalue weighted by Crippen LogP contribution is -2.39. The molecule has 1 amide bonds. The van der Waals surface area contributed by atoms with E-state index in [2.05, 4.69) is 42.4 Å². The molecule has 0 saturated heterocycles. The molecule has 9 heteroatoms. The van der Waals surface area contributed by atoms with Crippen LogP contribution in [0.3, 0.4) is 0 Å². The minimum Gasteiger partial charge on any atom is -0.466 e. The number of hydrogen-bond donors (Lipinski definition) is 1. The minimum atomic E-state index is -0.687. The Balaban J connectivity index is 1.88. The first-order valence-electron chi connectivity index (χ1n) is 7.47. The van der Waals surface area contributed by atoms with Crippen LogP contribution < -0.4 is 10.2 Å². The predicted octanol–water partition coefficient (Wildman–Crippen LogP) is 5.19. The van der Waals surface area contributed by atoms with Crippen molar-refractivity contribution in [2.24, 2.45) is 5.10 Å². The lowest BCUT2D eigenvalue weighted by molar-refractivity contribution is -0.129. The van der Waals surface area contributed by atoms with Gasteiger partial charge in [-0.1, -0.05) is 49.5 Å². The summed E-state index contributed by atoms with van der Waals surface area (Å²) < 4.78 is 27.5. The lowest BCUT2D eigenvalue weighted by atomic mass is 10.1. The number of ether oxygens (including phenoxy) is 2. The van der Waals surface area contributed by atoms with Crippen LogP contribution in [0.15, 0.2) is 44.4 Å². The molecule has 0 radical (unpaired) electrons. The number of carbonyl (C=O) groups excluding carboxylic acids is 1. The molecule has 0 aromatic heterocycles. The van der Waals surface area contributed by atoms with Crippen LogP contribution in [0.2, 0.25) is 5.02 Å². The van der Waals surface area contributed by atoms with Gasteiger partial charge in [0.1, 0.15) is 5.75 Å². The second-order valence-corrected chi connectivity index (χ2v) is 7.71. The smallest absolute Gasteiger partial charge is 0.280 e. The van der Waals surface area contributed by atoms with E-state index in [1.165, 1.54) is 12.1 Å². The lowest BCUT2D eigenvalue weighted by Gasteiger charge is -2.20. The van der Waals surface area contributed by atoms with Crippen molar-refractivity contribution in [2.75, 3.05) is 0 Å². The van der Waals surface area contributed by atoms with Crippen molar-refractivity contribution in [1.82, 2.24) is 5.43 Å². The van der Waals surface area contributed by atoms with Crippen LogP contribution in [0.25, 0.3) is 0 Å². The average Bonchev–Trinajstić information content (AvgIpc) is 2.56. The van der Waals surface area contributed by atoms with Crippen molar-refractivity contribution in [3.05, 3.63) is 55.7 Å². The van der Waals surface area contributed by atoms with Gasteiger partial charge >= 0.3 is 0 Å². The van der Waals surface area contributed by atoms with E-state index in [1.807, 2.05) is 6.07 Å². The summed E-state index contributed by atoms with van der Waals surface area (Å²) in [4.78, 5) is 11.4. The van der Waals surface area contributed by atoms with Crippen LogP contribution in [0.5, 0.6) is 11.5 Å². The van der Waals surface area contributed by atoms with Crippen LogP contribution in [0.4, 0.5) is 4.39 Å². The van der Waals surface area contributed by atoms with Gasteiger partial charge in [0.2, 0.25) is 5.90 Å². The first kappa shape index (κ1) is 19.1. The molecule has 2 aromatic rings. The van der Waals surface area contributed by atoms with Crippen molar-refractivity contribution in [3.63, 3.8) is 0 Å². The van der Waals surface area contributed by atoms with E-state index in [1.54, 1.807) is 19.1 Å². The fraction of sp³-hybridized carbons (Fsp3) is 0.176. The van der Waals surface area contributed by atoms with Crippen molar-refractivity contribution in [2.45, 2.75) is 19.4 Å². The quantitative estimate of drug-likeness (QED) is 0.621. The summed E-state index contributed by atoms with van der Waals surface area (Å²) in [5, 5.41) is 3.93. The average molecular weight is 507 g/mol. The highest BCUT2D eigenvalue weighted by Crippen LogP contribution is 2.36. The molecule has 1 heterocycles. The summed E-state index contributed by atoms with van der Waals surface area (Å²) in [6.45, 7) is 1.59. The Morgan fingerprint density at radius 1 is 1.31 bits per heavy atom. The van der Waals surface area contributed by atoms with Crippen LogP contribution >= 0.6 is 43.5 Å². The minimum absolute atomic E-state index is 0.0478. The molecule has 26 heavy (non-hydrogen) atoms. The summed E-state index contributed by atoms with van der Waals surface area (Å²) >= 11 is 12.8. The summed E-state index contributed by atoms with van der Waals surface area (Å²) in [6, 6.07) is 8.27. The molecule has 1 atom stereocenters. The molecule has 0 saturated carbocycles. The normalized spacial score (nSPS) is 16.6. The maximum atomic E-state index is 14.9. The Morgan fingerprint density at radius 3 is 2.65 bits per heavy atom. The number of hydrogen-bond acceptors (Lipinski definition) is 4. The zero-order valence-electron chi connectivity index (χ0n) is 13.4. The predicted molar refractivity (Wildman–Crippen MR) is 103 cm³/mol. The van der Waals surface area contributed by atoms with Gasteiger partial charge in [0, 0.05) is 14.5 Å². The summed E-state index contributed by atoms with van der Waals surface area (Å²) in [5.41, 5.74) is 2.61. The van der Waals surface area contributed by atoms with Crippen LogP contribution in [-0.4, -0.2) is 17.9 Å². The molecule has 1 unspecified atom stereocenters. The van der Waals surface area contributed by atoms with Gasteiger partial charge in [-0.25, -0.2) is 9.82 Å². The third kappa shape index (κ3) is 4.36. The van der Waals surface area contributed by atoms with Gasteiger partial charge in [-0.3, -0.25) is 4.79 Å². The molecular formula is C17H12Br2ClFN2O3. The Morgan fingerprint density at radius 2 is 2.00 bits per heavy atom. The molecule has 0 spiro atoms. The third-order valence-corrected chi connectivity index (χ3v) is 4.71. The van der Waals surface area contributed by atoms with E-state index in [-0.39, 0.29) is 34.6 Å². The van der Waals surface area contributed by atoms with Crippen LogP contribution in [0, 0.1) is 5.82 Å². The van der Waals surface area contributed by atoms with Gasteiger partial charge in [-0.15, -0.1) is 5.10 Å². The van der Waals surface area contributed by atoms with Crippen LogP contribution in [-0.2, 0) is 16.0 Å². The van der Waals surface area contributed by atoms with E-state index >= 15 is 0 Å². The fourth-order valence-corrected chi connectivity index (χ4v) is 3.68. The van der Waals surface area contributed by atoms with E-state index in [4.69, 9.17) is 21.1 Å². The SMILES string of the molecule is CC1OC(Cc2ccc(Cl)c(Oc3cc(Br)cc(Br)c3)c2F)=NNC1=O. The van der Waals surface area contributed by atoms with Gasteiger partial charge in [-0.05, 0) is 31.2 Å². The van der Waals surface area contributed by atoms with Crippen molar-refractivity contribution in [1.29, 1.82) is 0 Å². The maximum absolute atomic E-state index is 14.9. The molecule has 1 aliphatic rings. The number of benzene rings is 2. The number of hydrazone groups is 1. The number of nitrogens with one attached hydrogen (secondary N) is 1. The molecule has 136 valence electrons. The highest BCUT2D eigenvalue weighted by molar-refractivity contribution is 9.11. The zero-order chi connectivity index (χ0) is 18.8. The number of halogens is 4. The molecule has 0 aliphatic carbocycles. The number of rotatable bonds is 4. The number of carbonyl (C=O) groups is 1. The summed E-state index contributed by atoms with van der Waals surface area (Å²) in [7, 11) is 0. The van der Waals surface area contributed by atoms with Gasteiger partial charge < -0.3 is 9.47 Å². The summed E-state index contributed by atoms with van der Waals surface area (Å²) in [5.74, 6) is -0.451. The Kier molecular flexibility index (Phi) is 5.84. The van der Waals surface area contributed by atoms with Gasteiger partial charge in [0.25, 0.3) is 5.91 Å². The fourth-order valence-electron chi connectivity index (χ4n) is 2.25.